The van der Waals surface area contributed by atoms with Crippen molar-refractivity contribution in [3.8, 4) is 22.6 Å². The topological polar surface area (TPSA) is 76.7 Å². The zero-order chi connectivity index (χ0) is 22.1. The Hall–Kier alpha value is -3.32. The van der Waals surface area contributed by atoms with Gasteiger partial charge in [-0.3, -0.25) is 20.4 Å². The van der Waals surface area contributed by atoms with Crippen molar-refractivity contribution in [2.75, 3.05) is 13.2 Å². The van der Waals surface area contributed by atoms with E-state index in [1.807, 2.05) is 54.6 Å². The average molecular weight is 483 g/mol. The Bertz CT molecular complexity index is 1020. The predicted molar refractivity (Wildman–Crippen MR) is 123 cm³/mol. The molecule has 0 aliphatic rings. The lowest BCUT2D eigenvalue weighted by molar-refractivity contribution is -0.131. The number of aryl methyl sites for hydroxylation is 1. The Kier molecular flexibility index (Phi) is 8.06. The summed E-state index contributed by atoms with van der Waals surface area (Å²) in [6.07, 6.45) is 0.933. The van der Waals surface area contributed by atoms with Crippen LogP contribution in [-0.4, -0.2) is 25.0 Å². The zero-order valence-corrected chi connectivity index (χ0v) is 18.6. The lowest BCUT2D eigenvalue weighted by Crippen LogP contribution is -2.45. The van der Waals surface area contributed by atoms with Gasteiger partial charge in [-0.25, -0.2) is 0 Å². The summed E-state index contributed by atoms with van der Waals surface area (Å²) in [4.78, 5) is 23.8. The van der Waals surface area contributed by atoms with E-state index in [4.69, 9.17) is 9.47 Å². The number of rotatable bonds is 8. The Morgan fingerprint density at radius 1 is 0.806 bits per heavy atom. The van der Waals surface area contributed by atoms with Gasteiger partial charge in [0, 0.05) is 0 Å². The second-order valence-electron chi connectivity index (χ2n) is 6.68. The molecule has 2 amide bonds. The first-order valence-corrected chi connectivity index (χ1v) is 10.6. The summed E-state index contributed by atoms with van der Waals surface area (Å²) in [6, 6.07) is 23.1. The fraction of sp³-hybridized carbons (Fsp3) is 0.167. The van der Waals surface area contributed by atoms with Crippen molar-refractivity contribution < 1.29 is 19.1 Å². The Labute approximate surface area is 189 Å². The van der Waals surface area contributed by atoms with Crippen molar-refractivity contribution in [3.05, 3.63) is 82.8 Å². The van der Waals surface area contributed by atoms with Crippen LogP contribution >= 0.6 is 15.9 Å². The van der Waals surface area contributed by atoms with Crippen LogP contribution in [0.25, 0.3) is 11.1 Å². The third-order valence-electron chi connectivity index (χ3n) is 4.44. The molecule has 0 aromatic heterocycles. The molecule has 2 N–H and O–H groups in total. The molecule has 0 radical (unpaired) electrons. The summed E-state index contributed by atoms with van der Waals surface area (Å²) >= 11 is 3.47. The van der Waals surface area contributed by atoms with Crippen LogP contribution in [0, 0.1) is 0 Å². The fourth-order valence-corrected chi connectivity index (χ4v) is 3.25. The number of carbonyl (C=O) groups is 2. The minimum absolute atomic E-state index is 0.209. The molecule has 0 bridgehead atoms. The van der Waals surface area contributed by atoms with Crippen LogP contribution in [0.5, 0.6) is 11.5 Å². The number of amides is 2. The van der Waals surface area contributed by atoms with Gasteiger partial charge in [0.1, 0.15) is 11.5 Å². The Morgan fingerprint density at radius 3 is 2.06 bits per heavy atom. The largest absolute Gasteiger partial charge is 0.484 e. The summed E-state index contributed by atoms with van der Waals surface area (Å²) in [5, 5.41) is 0. The molecular weight excluding hydrogens is 460 g/mol. The van der Waals surface area contributed by atoms with Crippen molar-refractivity contribution in [2.24, 2.45) is 0 Å². The van der Waals surface area contributed by atoms with Crippen molar-refractivity contribution in [1.29, 1.82) is 0 Å². The number of carbonyl (C=O) groups excluding carboxylic acids is 2. The third kappa shape index (κ3) is 6.86. The molecule has 3 aromatic rings. The quantitative estimate of drug-likeness (QED) is 0.469. The van der Waals surface area contributed by atoms with Crippen molar-refractivity contribution in [1.82, 2.24) is 10.9 Å². The van der Waals surface area contributed by atoms with Gasteiger partial charge in [0.25, 0.3) is 11.8 Å². The maximum atomic E-state index is 12.0. The molecule has 0 fully saturated rings. The van der Waals surface area contributed by atoms with Gasteiger partial charge in [-0.2, -0.15) is 0 Å². The first kappa shape index (κ1) is 22.4. The molecule has 0 saturated carbocycles. The van der Waals surface area contributed by atoms with Gasteiger partial charge in [0.2, 0.25) is 0 Å². The maximum absolute atomic E-state index is 12.0. The van der Waals surface area contributed by atoms with E-state index in [2.05, 4.69) is 33.7 Å². The van der Waals surface area contributed by atoms with Gasteiger partial charge < -0.3 is 9.47 Å². The first-order chi connectivity index (χ1) is 15.0. The van der Waals surface area contributed by atoms with E-state index in [9.17, 15) is 9.59 Å². The SMILES string of the molecule is CCc1ccc(OCC(=O)NNC(=O)COc2ccc(-c3ccccc3)cc2Br)cc1. The summed E-state index contributed by atoms with van der Waals surface area (Å²) in [5.41, 5.74) is 7.90. The third-order valence-corrected chi connectivity index (χ3v) is 5.06. The molecular formula is C24H23BrN2O4. The van der Waals surface area contributed by atoms with Gasteiger partial charge in [0.05, 0.1) is 4.47 Å². The highest BCUT2D eigenvalue weighted by atomic mass is 79.9. The first-order valence-electron chi connectivity index (χ1n) is 9.82. The van der Waals surface area contributed by atoms with Gasteiger partial charge in [-0.05, 0) is 63.3 Å². The molecule has 0 spiro atoms. The molecule has 0 heterocycles. The van der Waals surface area contributed by atoms with E-state index in [0.29, 0.717) is 11.5 Å². The number of benzene rings is 3. The number of ether oxygens (including phenoxy) is 2. The maximum Gasteiger partial charge on any atom is 0.276 e. The average Bonchev–Trinajstić information content (AvgIpc) is 2.81. The molecule has 160 valence electrons. The van der Waals surface area contributed by atoms with E-state index >= 15 is 0 Å². The highest BCUT2D eigenvalue weighted by molar-refractivity contribution is 9.10. The standard InChI is InChI=1S/C24H23BrN2O4/c1-2-17-8-11-20(12-9-17)30-15-23(28)26-27-24(29)16-31-22-13-10-19(14-21(22)25)18-6-4-3-5-7-18/h3-14H,2,15-16H2,1H3,(H,26,28)(H,27,29). The monoisotopic (exact) mass is 482 g/mol. The Balaban J connectivity index is 1.41. The van der Waals surface area contributed by atoms with E-state index in [1.165, 1.54) is 5.56 Å². The van der Waals surface area contributed by atoms with Crippen LogP contribution in [-0.2, 0) is 16.0 Å². The molecule has 0 aliphatic heterocycles. The van der Waals surface area contributed by atoms with Crippen molar-refractivity contribution in [3.63, 3.8) is 0 Å². The Morgan fingerprint density at radius 2 is 1.45 bits per heavy atom. The van der Waals surface area contributed by atoms with E-state index in [0.717, 1.165) is 22.0 Å². The summed E-state index contributed by atoms with van der Waals surface area (Å²) in [6.45, 7) is 1.61. The number of nitrogens with one attached hydrogen (secondary N) is 2. The number of halogens is 1. The van der Waals surface area contributed by atoms with Crippen LogP contribution in [0.1, 0.15) is 12.5 Å². The molecule has 0 aliphatic carbocycles. The van der Waals surface area contributed by atoms with Gasteiger partial charge in [-0.1, -0.05) is 55.5 Å². The highest BCUT2D eigenvalue weighted by Gasteiger charge is 2.09. The molecule has 7 heteroatoms. The summed E-state index contributed by atoms with van der Waals surface area (Å²) < 4.78 is 11.7. The van der Waals surface area contributed by atoms with Crippen LogP contribution in [0.4, 0.5) is 0 Å². The van der Waals surface area contributed by atoms with Gasteiger partial charge in [-0.15, -0.1) is 0 Å². The van der Waals surface area contributed by atoms with E-state index in [1.54, 1.807) is 18.2 Å². The normalized spacial score (nSPS) is 10.3. The number of hydrogen-bond donors (Lipinski definition) is 2. The fourth-order valence-electron chi connectivity index (χ4n) is 2.75. The minimum atomic E-state index is -0.486. The minimum Gasteiger partial charge on any atom is -0.484 e. The van der Waals surface area contributed by atoms with Crippen LogP contribution in [0.2, 0.25) is 0 Å². The van der Waals surface area contributed by atoms with Crippen LogP contribution < -0.4 is 20.3 Å². The van der Waals surface area contributed by atoms with Gasteiger partial charge in [0.15, 0.2) is 13.2 Å². The lowest BCUT2D eigenvalue weighted by Gasteiger charge is -2.11. The smallest absolute Gasteiger partial charge is 0.276 e. The van der Waals surface area contributed by atoms with Crippen LogP contribution in [0.3, 0.4) is 0 Å². The summed E-state index contributed by atoms with van der Waals surface area (Å²) in [7, 11) is 0. The molecule has 31 heavy (non-hydrogen) atoms. The van der Waals surface area contributed by atoms with E-state index < -0.39 is 11.8 Å². The van der Waals surface area contributed by atoms with Crippen LogP contribution in [0.15, 0.2) is 77.3 Å². The van der Waals surface area contributed by atoms with Gasteiger partial charge >= 0.3 is 0 Å². The lowest BCUT2D eigenvalue weighted by atomic mass is 10.1. The summed E-state index contributed by atoms with van der Waals surface area (Å²) in [5.74, 6) is 0.159. The number of hydrogen-bond acceptors (Lipinski definition) is 4. The second kappa shape index (κ2) is 11.2. The second-order valence-corrected chi connectivity index (χ2v) is 7.54. The molecule has 0 saturated heterocycles. The molecule has 3 aromatic carbocycles. The molecule has 6 nitrogen and oxygen atoms in total. The molecule has 0 atom stereocenters. The predicted octanol–water partition coefficient (Wildman–Crippen LogP) is 4.28. The van der Waals surface area contributed by atoms with Crippen molar-refractivity contribution in [2.45, 2.75) is 13.3 Å². The molecule has 0 unspecified atom stereocenters. The van der Waals surface area contributed by atoms with Crippen molar-refractivity contribution >= 4 is 27.7 Å². The zero-order valence-electron chi connectivity index (χ0n) is 17.1. The number of hydrazine groups is 1. The highest BCUT2D eigenvalue weighted by Crippen LogP contribution is 2.30. The van der Waals surface area contributed by atoms with E-state index in [-0.39, 0.29) is 13.2 Å². The molecule has 3 rings (SSSR count).